The standard InChI is InChI=1S/C81H51N15O33/c97-58(98)37-13-38(59(99)100)20-52(19-37)124-76-88-73(89-77(94-76)125-53-21-39(60(101)102)14-40(22-53)61(103)104)121-49-7-1-34(2-8-49)31-82-70-85-71(83-32-35-3-9-50(10-4-35)122-74-90-78(126-54-23-41(62(105)106)15-42(24-54)63(107)108)95-79(91-74)127-55-25-43(64(109)110)16-44(26-55)65(111)112)87-72(86-70)84-33-36-5-11-51(12-6-36)123-75-92-80(128-56-27-45(66(113)114)17-46(28-56)67(115)116)96-81(93-75)129-57-29-47(68(117)118)18-48(30-57)69(119)120/h1-30H,31-33H2,(H,97,98)(H,99,100)(H,101,102)(H,103,104)(H,105,106)(H,107,108)(H,109,110)(H,111,112)(H,113,114)(H,115,116)(H,117,118)(H,119,120)(H3,82,83,84,85,86,87). The summed E-state index contributed by atoms with van der Waals surface area (Å²) in [5.74, 6) is -20.9. The van der Waals surface area contributed by atoms with Crippen molar-refractivity contribution in [2.45, 2.75) is 19.6 Å². The minimum atomic E-state index is -1.53. The number of ether oxygens (including phenoxy) is 9. The van der Waals surface area contributed by atoms with E-state index < -0.39 is 227 Å². The van der Waals surface area contributed by atoms with Gasteiger partial charge in [0, 0.05) is 19.6 Å². The molecule has 0 fully saturated rings. The number of nitrogens with zero attached hydrogens (tertiary/aromatic N) is 12. The maximum atomic E-state index is 12.0. The van der Waals surface area contributed by atoms with Crippen LogP contribution in [0.5, 0.6) is 106 Å². The van der Waals surface area contributed by atoms with Gasteiger partial charge in [-0.1, -0.05) is 36.4 Å². The minimum Gasteiger partial charge on any atom is -0.478 e. The molecule has 48 heteroatoms. The normalized spacial score (nSPS) is 10.7. The van der Waals surface area contributed by atoms with Crippen molar-refractivity contribution < 1.29 is 161 Å². The first-order valence-electron chi connectivity index (χ1n) is 35.9. The Bertz CT molecular complexity index is 5620. The average molecular weight is 1760 g/mol. The van der Waals surface area contributed by atoms with Crippen LogP contribution in [0.1, 0.15) is 141 Å². The van der Waals surface area contributed by atoms with Crippen LogP contribution in [0.25, 0.3) is 0 Å². The van der Waals surface area contributed by atoms with Gasteiger partial charge in [-0.15, -0.1) is 44.9 Å². The summed E-state index contributed by atoms with van der Waals surface area (Å²) in [5, 5.41) is 126. The van der Waals surface area contributed by atoms with E-state index in [9.17, 15) is 119 Å². The first kappa shape index (κ1) is 87.1. The number of rotatable bonds is 39. The molecule has 13 aromatic rings. The van der Waals surface area contributed by atoms with Gasteiger partial charge in [-0.3, -0.25) is 0 Å². The largest absolute Gasteiger partial charge is 0.478 e. The predicted octanol–water partition coefficient (Wildman–Crippen LogP) is 11.8. The van der Waals surface area contributed by atoms with Gasteiger partial charge < -0.3 is 120 Å². The molecule has 0 amide bonds. The number of carboxylic acids is 12. The van der Waals surface area contributed by atoms with E-state index in [0.717, 1.165) is 109 Å². The lowest BCUT2D eigenvalue weighted by Crippen LogP contribution is -2.12. The van der Waals surface area contributed by atoms with Crippen molar-refractivity contribution in [3.8, 4) is 106 Å². The molecular formula is C81H51N15O33. The summed E-state index contributed by atoms with van der Waals surface area (Å²) in [6.45, 7) is -0.0821. The van der Waals surface area contributed by atoms with Crippen molar-refractivity contribution >= 4 is 89.5 Å². The number of benzene rings is 9. The van der Waals surface area contributed by atoms with Gasteiger partial charge in [0.15, 0.2) is 0 Å². The lowest BCUT2D eigenvalue weighted by Gasteiger charge is -2.13. The van der Waals surface area contributed by atoms with E-state index in [2.05, 4.69) is 75.8 Å². The van der Waals surface area contributed by atoms with E-state index in [1.807, 2.05) is 0 Å². The summed E-state index contributed by atoms with van der Waals surface area (Å²) >= 11 is 0. The molecule has 0 bridgehead atoms. The zero-order valence-corrected chi connectivity index (χ0v) is 64.2. The molecule has 0 saturated heterocycles. The van der Waals surface area contributed by atoms with Crippen molar-refractivity contribution in [1.82, 2.24) is 59.8 Å². The second-order valence-corrected chi connectivity index (χ2v) is 25.9. The molecule has 0 atom stereocenters. The van der Waals surface area contributed by atoms with Crippen LogP contribution >= 0.6 is 0 Å². The highest BCUT2D eigenvalue weighted by molar-refractivity contribution is 5.99. The molecule has 4 aromatic heterocycles. The maximum absolute atomic E-state index is 12.0. The Morgan fingerprint density at radius 2 is 0.302 bits per heavy atom. The monoisotopic (exact) mass is 1760 g/mol. The Morgan fingerprint density at radius 3 is 0.426 bits per heavy atom. The summed E-state index contributed by atoms with van der Waals surface area (Å²) in [6, 6.07) is 28.7. The first-order chi connectivity index (χ1) is 61.5. The third-order valence-electron chi connectivity index (χ3n) is 16.8. The summed E-state index contributed by atoms with van der Waals surface area (Å²) in [4.78, 5) is 194. The zero-order valence-electron chi connectivity index (χ0n) is 64.2. The molecule has 48 nitrogen and oxygen atoms in total. The average Bonchev–Trinajstić information content (AvgIpc) is 0.815. The number of aromatic nitrogens is 12. The Morgan fingerprint density at radius 1 is 0.178 bits per heavy atom. The molecule has 129 heavy (non-hydrogen) atoms. The third-order valence-corrected chi connectivity index (χ3v) is 16.8. The van der Waals surface area contributed by atoms with Crippen LogP contribution in [-0.2, 0) is 19.6 Å². The Hall–Kier alpha value is -19.7. The van der Waals surface area contributed by atoms with E-state index in [-0.39, 0.29) is 54.7 Å². The van der Waals surface area contributed by atoms with Crippen molar-refractivity contribution in [2.24, 2.45) is 0 Å². The number of carboxylic acid groups (broad SMARTS) is 12. The Kier molecular flexibility index (Phi) is 25.6. The van der Waals surface area contributed by atoms with Gasteiger partial charge in [0.1, 0.15) is 51.7 Å². The first-order valence-corrected chi connectivity index (χ1v) is 35.9. The van der Waals surface area contributed by atoms with Crippen LogP contribution in [0.15, 0.2) is 182 Å². The molecule has 0 aliphatic heterocycles. The highest BCUT2D eigenvalue weighted by Gasteiger charge is 2.26. The number of hydrogen-bond donors (Lipinski definition) is 15. The number of aromatic carboxylic acids is 12. The molecule has 0 aliphatic carbocycles. The maximum Gasteiger partial charge on any atom is 0.335 e. The van der Waals surface area contributed by atoms with Crippen LogP contribution in [0.2, 0.25) is 0 Å². The lowest BCUT2D eigenvalue weighted by molar-refractivity contribution is 0.0675. The van der Waals surface area contributed by atoms with Gasteiger partial charge in [0.05, 0.1) is 66.8 Å². The highest BCUT2D eigenvalue weighted by Crippen LogP contribution is 2.36. The quantitative estimate of drug-likeness (QED) is 0.0170. The molecule has 0 aliphatic rings. The van der Waals surface area contributed by atoms with Crippen LogP contribution in [0, 0.1) is 0 Å². The minimum absolute atomic E-state index is 0.0274. The summed E-state index contributed by atoms with van der Waals surface area (Å²) in [6.07, 6.45) is 0. The lowest BCUT2D eigenvalue weighted by atomic mass is 10.1. The molecule has 13 rings (SSSR count). The van der Waals surface area contributed by atoms with Crippen molar-refractivity contribution in [2.75, 3.05) is 16.0 Å². The van der Waals surface area contributed by atoms with Gasteiger partial charge >= 0.3 is 126 Å². The van der Waals surface area contributed by atoms with E-state index in [4.69, 9.17) is 42.6 Å². The fourth-order valence-corrected chi connectivity index (χ4v) is 10.9. The smallest absolute Gasteiger partial charge is 0.335 e. The SMILES string of the molecule is O=C(O)c1cc(Oc2nc(Oc3ccc(CNc4nc(NCc5ccc(Oc6nc(Oc7cc(C(=O)O)cc(C(=O)O)c7)nc(Oc7cc(C(=O)O)cc(C(=O)O)c7)n6)cc5)nc(NCc5ccc(Oc6nc(Oc7cc(C(=O)O)cc(C(=O)O)c7)nc(Oc7cc(C(=O)O)cc(C(=O)O)c7)n6)cc5)n4)cc3)nc(Oc3cc(C(=O)O)cc(C(=O)O)c3)n2)cc(C(=O)O)c1. The topological polar surface area (TPSA) is 721 Å². The number of nitrogens with one attached hydrogen (secondary N) is 3. The fraction of sp³-hybridized carbons (Fsp3) is 0.0370. The fourth-order valence-electron chi connectivity index (χ4n) is 10.9. The molecular weight excluding hydrogens is 1710 g/mol. The zero-order chi connectivity index (χ0) is 92.0. The van der Waals surface area contributed by atoms with Crippen molar-refractivity contribution in [3.63, 3.8) is 0 Å². The second-order valence-electron chi connectivity index (χ2n) is 25.9. The van der Waals surface area contributed by atoms with Gasteiger partial charge in [0.25, 0.3) is 0 Å². The predicted molar refractivity (Wildman–Crippen MR) is 423 cm³/mol. The molecule has 0 radical (unpaired) electrons. The molecule has 9 aromatic carbocycles. The third kappa shape index (κ3) is 23.3. The molecule has 15 N–H and O–H groups in total. The Labute approximate surface area is 714 Å². The highest BCUT2D eigenvalue weighted by atomic mass is 16.6. The number of carbonyl (C=O) groups is 12. The van der Waals surface area contributed by atoms with Gasteiger partial charge in [-0.2, -0.15) is 15.0 Å². The van der Waals surface area contributed by atoms with Crippen LogP contribution in [0.4, 0.5) is 17.8 Å². The van der Waals surface area contributed by atoms with Crippen LogP contribution < -0.4 is 58.6 Å². The van der Waals surface area contributed by atoms with E-state index >= 15 is 0 Å². The molecule has 0 unspecified atom stereocenters. The van der Waals surface area contributed by atoms with Crippen LogP contribution in [-0.4, -0.2) is 193 Å². The molecule has 0 spiro atoms. The second kappa shape index (κ2) is 37.9. The molecule has 4 heterocycles. The van der Waals surface area contributed by atoms with Gasteiger partial charge in [-0.05, 0) is 162 Å². The summed E-state index contributed by atoms with van der Waals surface area (Å²) < 4.78 is 52.1. The van der Waals surface area contributed by atoms with E-state index in [1.165, 1.54) is 36.4 Å². The summed E-state index contributed by atoms with van der Waals surface area (Å²) in [7, 11) is 0. The summed E-state index contributed by atoms with van der Waals surface area (Å²) in [5.41, 5.74) is -4.56. The van der Waals surface area contributed by atoms with Crippen LogP contribution in [0.3, 0.4) is 0 Å². The molecule has 648 valence electrons. The molecule has 0 saturated carbocycles. The number of hydrogen-bond acceptors (Lipinski definition) is 36. The van der Waals surface area contributed by atoms with E-state index in [1.54, 1.807) is 36.4 Å². The van der Waals surface area contributed by atoms with E-state index in [0.29, 0.717) is 16.7 Å². The Balaban J connectivity index is 0.766. The van der Waals surface area contributed by atoms with Gasteiger partial charge in [-0.25, -0.2) is 57.5 Å². The van der Waals surface area contributed by atoms with Crippen molar-refractivity contribution in [1.29, 1.82) is 0 Å². The number of anilines is 3. The van der Waals surface area contributed by atoms with Gasteiger partial charge in [0.2, 0.25) is 17.8 Å². The van der Waals surface area contributed by atoms with Crippen molar-refractivity contribution in [3.05, 3.63) is 265 Å².